The second kappa shape index (κ2) is 4.88. The van der Waals surface area contributed by atoms with Crippen LogP contribution >= 0.6 is 0 Å². The summed E-state index contributed by atoms with van der Waals surface area (Å²) in [6, 6.07) is 0. The molecule has 0 aromatic rings. The van der Waals surface area contributed by atoms with Gasteiger partial charge >= 0.3 is 23.1 Å². The molecule has 0 aliphatic rings. The van der Waals surface area contributed by atoms with Gasteiger partial charge in [0, 0.05) is 6.26 Å². The molecule has 0 aromatic heterocycles. The molecule has 0 aliphatic heterocycles. The second-order valence-corrected chi connectivity index (χ2v) is 1.27. The van der Waals surface area contributed by atoms with Gasteiger partial charge in [0.15, 0.2) is 0 Å². The van der Waals surface area contributed by atoms with Crippen molar-refractivity contribution in [2.45, 2.75) is 0 Å². The van der Waals surface area contributed by atoms with Gasteiger partial charge in [-0.15, -0.1) is 0 Å². The maximum absolute atomic E-state index is 9.11. The van der Waals surface area contributed by atoms with Crippen LogP contribution in [-0.2, 0) is 11.1 Å². The van der Waals surface area contributed by atoms with Crippen molar-refractivity contribution in [2.75, 3.05) is 6.26 Å². The van der Waals surface area contributed by atoms with E-state index in [0.29, 0.717) is 0 Å². The summed E-state index contributed by atoms with van der Waals surface area (Å²) < 4.78 is 16.6. The van der Waals surface area contributed by atoms with E-state index in [4.69, 9.17) is 8.76 Å². The standard InChI is InChI=1S/CH4O2S.Mg.2H/c1-4(2)3;;;/h1H3,(H,2,3);;;. The first-order valence-electron chi connectivity index (χ1n) is 0.757. The van der Waals surface area contributed by atoms with E-state index in [1.54, 1.807) is 0 Å². The number of rotatable bonds is 0. The van der Waals surface area contributed by atoms with E-state index >= 15 is 0 Å². The zero-order valence-corrected chi connectivity index (χ0v) is 3.08. The van der Waals surface area contributed by atoms with E-state index in [9.17, 15) is 0 Å². The lowest BCUT2D eigenvalue weighted by molar-refractivity contribution is 0.571. The van der Waals surface area contributed by atoms with Gasteiger partial charge in [0.2, 0.25) is 0 Å². The van der Waals surface area contributed by atoms with Crippen LogP contribution in [0.5, 0.6) is 0 Å². The normalized spacial score (nSPS) is 12.4. The molecule has 1 atom stereocenters. The molecule has 0 rings (SSSR count). The molecule has 0 saturated carbocycles. The molecule has 1 N–H and O–H groups in total. The Morgan fingerprint density at radius 1 is 1.80 bits per heavy atom. The van der Waals surface area contributed by atoms with Crippen LogP contribution in [-0.4, -0.2) is 38.1 Å². The fraction of sp³-hybridized carbons (Fsp3) is 1.00. The molecule has 0 spiro atoms. The zero-order valence-electron chi connectivity index (χ0n) is 2.26. The first kappa shape index (κ1) is 9.30. The third-order valence-electron chi connectivity index (χ3n) is 0. The fourth-order valence-electron chi connectivity index (χ4n) is 0. The highest BCUT2D eigenvalue weighted by Crippen LogP contribution is 1.45. The van der Waals surface area contributed by atoms with Crippen LogP contribution in [0.25, 0.3) is 0 Å². The predicted molar refractivity (Wildman–Crippen MR) is 25.2 cm³/mol. The van der Waals surface area contributed by atoms with Crippen molar-refractivity contribution in [3.05, 3.63) is 0 Å². The Balaban J connectivity index is 0. The summed E-state index contributed by atoms with van der Waals surface area (Å²) in [4.78, 5) is 0. The maximum Gasteiger partial charge on any atom is 0.316 e. The van der Waals surface area contributed by atoms with Crippen LogP contribution in [0.3, 0.4) is 0 Å². The van der Waals surface area contributed by atoms with E-state index in [1.807, 2.05) is 0 Å². The second-order valence-electron chi connectivity index (χ2n) is 0.424. The monoisotopic (exact) mass is 106 g/mol. The van der Waals surface area contributed by atoms with Gasteiger partial charge in [-0.3, -0.25) is 0 Å². The van der Waals surface area contributed by atoms with E-state index in [2.05, 4.69) is 0 Å². The molecule has 0 heterocycles. The van der Waals surface area contributed by atoms with Gasteiger partial charge in [0.05, 0.1) is 0 Å². The van der Waals surface area contributed by atoms with Crippen LogP contribution < -0.4 is 0 Å². The molecule has 1 unspecified atom stereocenters. The molecule has 0 radical (unpaired) electrons. The summed E-state index contributed by atoms with van der Waals surface area (Å²) in [5.41, 5.74) is 0. The molecule has 0 saturated heterocycles. The van der Waals surface area contributed by atoms with Crippen molar-refractivity contribution >= 4 is 34.1 Å². The first-order valence-corrected chi connectivity index (χ1v) is 2.27. The van der Waals surface area contributed by atoms with Crippen LogP contribution in [0.15, 0.2) is 0 Å². The van der Waals surface area contributed by atoms with Crippen LogP contribution in [0.4, 0.5) is 0 Å². The summed E-state index contributed by atoms with van der Waals surface area (Å²) in [7, 11) is 0. The SMILES string of the molecule is CS(=O)O.[MgH2]. The minimum absolute atomic E-state index is 0. The van der Waals surface area contributed by atoms with E-state index in [1.165, 1.54) is 6.26 Å². The minimum atomic E-state index is -1.61. The minimum Gasteiger partial charge on any atom is -0.306 e. The average molecular weight is 106 g/mol. The molecule has 30 valence electrons. The summed E-state index contributed by atoms with van der Waals surface area (Å²) in [5, 5.41) is 0. The molecule has 0 aromatic carbocycles. The van der Waals surface area contributed by atoms with Gasteiger partial charge < -0.3 is 4.55 Å². The Hall–Kier alpha value is 0.876. The molecular weight excluding hydrogens is 100 g/mol. The van der Waals surface area contributed by atoms with Crippen LogP contribution in [0.1, 0.15) is 0 Å². The third-order valence-corrected chi connectivity index (χ3v) is 0. The van der Waals surface area contributed by atoms with Gasteiger partial charge in [-0.25, -0.2) is 4.21 Å². The molecule has 0 bridgehead atoms. The smallest absolute Gasteiger partial charge is 0.306 e. The van der Waals surface area contributed by atoms with Gasteiger partial charge in [0.1, 0.15) is 11.1 Å². The number of hydrogen-bond donors (Lipinski definition) is 1. The Labute approximate surface area is 49.4 Å². The van der Waals surface area contributed by atoms with E-state index < -0.39 is 11.1 Å². The quantitative estimate of drug-likeness (QED) is 0.315. The van der Waals surface area contributed by atoms with Crippen molar-refractivity contribution in [3.8, 4) is 0 Å². The fourth-order valence-corrected chi connectivity index (χ4v) is 0. The molecule has 4 heteroatoms. The topological polar surface area (TPSA) is 37.3 Å². The number of hydrogen-bond acceptors (Lipinski definition) is 1. The summed E-state index contributed by atoms with van der Waals surface area (Å²) >= 11 is -1.61. The van der Waals surface area contributed by atoms with Crippen molar-refractivity contribution < 1.29 is 8.76 Å². The molecule has 5 heavy (non-hydrogen) atoms. The average Bonchev–Trinajstić information content (AvgIpc) is 0.811. The van der Waals surface area contributed by atoms with Crippen LogP contribution in [0.2, 0.25) is 0 Å². The maximum atomic E-state index is 9.11. The van der Waals surface area contributed by atoms with E-state index in [0.717, 1.165) is 0 Å². The van der Waals surface area contributed by atoms with Crippen LogP contribution in [0, 0.1) is 0 Å². The highest BCUT2D eigenvalue weighted by Gasteiger charge is 1.59. The van der Waals surface area contributed by atoms with Crippen molar-refractivity contribution in [1.82, 2.24) is 0 Å². The molecule has 2 nitrogen and oxygen atoms in total. The Morgan fingerprint density at radius 2 is 1.80 bits per heavy atom. The van der Waals surface area contributed by atoms with Crippen molar-refractivity contribution in [2.24, 2.45) is 0 Å². The predicted octanol–water partition coefficient (Wildman–Crippen LogP) is -1.08. The summed E-state index contributed by atoms with van der Waals surface area (Å²) in [6.45, 7) is 0. The van der Waals surface area contributed by atoms with Gasteiger partial charge in [-0.2, -0.15) is 0 Å². The first-order chi connectivity index (χ1) is 1.73. The third kappa shape index (κ3) is 52.5. The van der Waals surface area contributed by atoms with E-state index in [-0.39, 0.29) is 23.1 Å². The lowest BCUT2D eigenvalue weighted by Crippen LogP contribution is -1.72. The van der Waals surface area contributed by atoms with Crippen molar-refractivity contribution in [1.29, 1.82) is 0 Å². The summed E-state index contributed by atoms with van der Waals surface area (Å²) in [6.07, 6.45) is 1.19. The Kier molecular flexibility index (Phi) is 9.07. The van der Waals surface area contributed by atoms with Gasteiger partial charge in [-0.1, -0.05) is 0 Å². The molecular formula is CH6MgO2S. The summed E-state index contributed by atoms with van der Waals surface area (Å²) in [5.74, 6) is 0. The molecule has 0 amide bonds. The van der Waals surface area contributed by atoms with Gasteiger partial charge in [-0.05, 0) is 0 Å². The molecule has 0 fully saturated rings. The highest BCUT2D eigenvalue weighted by molar-refractivity contribution is 7.78. The Morgan fingerprint density at radius 3 is 1.80 bits per heavy atom. The van der Waals surface area contributed by atoms with Crippen molar-refractivity contribution in [3.63, 3.8) is 0 Å². The zero-order chi connectivity index (χ0) is 3.58. The molecule has 0 aliphatic carbocycles. The van der Waals surface area contributed by atoms with Gasteiger partial charge in [0.25, 0.3) is 0 Å². The lowest BCUT2D eigenvalue weighted by Gasteiger charge is -1.60. The lowest BCUT2D eigenvalue weighted by atomic mass is 12.0. The largest absolute Gasteiger partial charge is 0.316 e. The highest BCUT2D eigenvalue weighted by atomic mass is 32.2. The Bertz CT molecular complexity index is 32.6.